The summed E-state index contributed by atoms with van der Waals surface area (Å²) in [6.45, 7) is 1.75. The first-order valence-corrected chi connectivity index (χ1v) is 10.4. The first kappa shape index (κ1) is 19.6. The molecular formula is C22H31F3O. The third kappa shape index (κ3) is 4.37. The quantitative estimate of drug-likeness (QED) is 0.495. The number of hydrogen-bond donors (Lipinski definition) is 0. The normalized spacial score (nSPS) is 25.6. The van der Waals surface area contributed by atoms with Gasteiger partial charge in [-0.15, -0.1) is 0 Å². The number of ether oxygens (including phenoxy) is 1. The molecule has 0 spiro atoms. The molecule has 0 N–H and O–H groups in total. The molecule has 0 radical (unpaired) electrons. The highest BCUT2D eigenvalue weighted by atomic mass is 19.2. The van der Waals surface area contributed by atoms with Gasteiger partial charge in [0.1, 0.15) is 6.10 Å². The van der Waals surface area contributed by atoms with Crippen molar-refractivity contribution in [3.05, 3.63) is 28.8 Å². The zero-order valence-corrected chi connectivity index (χ0v) is 15.8. The highest BCUT2D eigenvalue weighted by Crippen LogP contribution is 2.40. The Morgan fingerprint density at radius 1 is 1.04 bits per heavy atom. The Balaban J connectivity index is 1.60. The van der Waals surface area contributed by atoms with Crippen LogP contribution in [-0.4, -0.2) is 12.8 Å². The van der Waals surface area contributed by atoms with Crippen molar-refractivity contribution in [2.75, 3.05) is 6.67 Å². The largest absolute Gasteiger partial charge is 0.487 e. The van der Waals surface area contributed by atoms with Crippen molar-refractivity contribution >= 4 is 0 Å². The molecule has 1 atom stereocenters. The van der Waals surface area contributed by atoms with Gasteiger partial charge in [0, 0.05) is 0 Å². The van der Waals surface area contributed by atoms with Gasteiger partial charge in [0.2, 0.25) is 5.82 Å². The predicted molar refractivity (Wildman–Crippen MR) is 98.4 cm³/mol. The molecule has 1 aliphatic carbocycles. The molecule has 1 unspecified atom stereocenters. The smallest absolute Gasteiger partial charge is 0.201 e. The number of hydrogen-bond acceptors (Lipinski definition) is 1. The van der Waals surface area contributed by atoms with Crippen molar-refractivity contribution in [3.8, 4) is 5.75 Å². The summed E-state index contributed by atoms with van der Waals surface area (Å²) < 4.78 is 47.0. The number of halogens is 3. The van der Waals surface area contributed by atoms with Gasteiger partial charge in [-0.25, -0.2) is 4.39 Å². The number of aryl methyl sites for hydroxylation is 2. The predicted octanol–water partition coefficient (Wildman–Crippen LogP) is 6.56. The average molecular weight is 368 g/mol. The van der Waals surface area contributed by atoms with E-state index in [4.69, 9.17) is 4.74 Å². The molecule has 1 heterocycles. The van der Waals surface area contributed by atoms with Crippen molar-refractivity contribution in [3.63, 3.8) is 0 Å². The minimum absolute atomic E-state index is 0.000201. The number of benzene rings is 1. The van der Waals surface area contributed by atoms with Crippen LogP contribution in [-0.2, 0) is 12.8 Å². The second-order valence-electron chi connectivity index (χ2n) is 8.06. The van der Waals surface area contributed by atoms with Gasteiger partial charge in [-0.3, -0.25) is 4.39 Å². The van der Waals surface area contributed by atoms with E-state index in [1.54, 1.807) is 6.07 Å². The SMILES string of the molecule is CCCc1cc2c(c(F)c1F)OC(C1CCC(CCCCF)CC1)CC2. The number of unbranched alkanes of at least 4 members (excludes halogenated alkanes) is 1. The standard InChI is InChI=1S/C22H31F3O/c1-2-5-17-14-18-11-12-19(26-22(18)21(25)20(17)24)16-9-7-15(8-10-16)6-3-4-13-23/h14-16,19H,2-13H2,1H3. The van der Waals surface area contributed by atoms with Gasteiger partial charge in [-0.1, -0.05) is 39.0 Å². The van der Waals surface area contributed by atoms with Crippen molar-refractivity contribution in [1.82, 2.24) is 0 Å². The molecule has 0 saturated heterocycles. The van der Waals surface area contributed by atoms with Crippen molar-refractivity contribution in [2.24, 2.45) is 11.8 Å². The number of rotatable bonds is 7. The Hall–Kier alpha value is -1.19. The van der Waals surface area contributed by atoms with Crippen LogP contribution in [0.1, 0.15) is 75.8 Å². The molecular weight excluding hydrogens is 337 g/mol. The van der Waals surface area contributed by atoms with Crippen LogP contribution in [0.5, 0.6) is 5.75 Å². The zero-order chi connectivity index (χ0) is 18.5. The molecule has 1 aromatic carbocycles. The summed E-state index contributed by atoms with van der Waals surface area (Å²) in [6, 6.07) is 1.80. The van der Waals surface area contributed by atoms with E-state index in [1.807, 2.05) is 6.92 Å². The maximum atomic E-state index is 14.5. The van der Waals surface area contributed by atoms with Crippen LogP contribution >= 0.6 is 0 Å². The highest BCUT2D eigenvalue weighted by Gasteiger charge is 2.33. The fraction of sp³-hybridized carbons (Fsp3) is 0.727. The molecule has 1 aromatic rings. The van der Waals surface area contributed by atoms with Crippen LogP contribution in [0, 0.1) is 23.5 Å². The summed E-state index contributed by atoms with van der Waals surface area (Å²) in [7, 11) is 0. The van der Waals surface area contributed by atoms with Gasteiger partial charge >= 0.3 is 0 Å². The zero-order valence-electron chi connectivity index (χ0n) is 15.8. The van der Waals surface area contributed by atoms with E-state index in [9.17, 15) is 13.2 Å². The van der Waals surface area contributed by atoms with Gasteiger partial charge in [0.05, 0.1) is 6.67 Å². The van der Waals surface area contributed by atoms with E-state index < -0.39 is 11.6 Å². The average Bonchev–Trinajstić information content (AvgIpc) is 2.67. The van der Waals surface area contributed by atoms with E-state index in [0.29, 0.717) is 30.2 Å². The lowest BCUT2D eigenvalue weighted by molar-refractivity contribution is 0.0706. The molecule has 1 aliphatic heterocycles. The Bertz CT molecular complexity index is 594. The first-order chi connectivity index (χ1) is 12.6. The molecule has 3 rings (SSSR count). The molecule has 0 bridgehead atoms. The molecule has 1 fully saturated rings. The fourth-order valence-corrected chi connectivity index (χ4v) is 4.70. The second kappa shape index (κ2) is 9.14. The molecule has 146 valence electrons. The summed E-state index contributed by atoms with van der Waals surface area (Å²) in [6.07, 6.45) is 10.2. The Kier molecular flexibility index (Phi) is 6.88. The van der Waals surface area contributed by atoms with E-state index in [-0.39, 0.29) is 18.5 Å². The summed E-state index contributed by atoms with van der Waals surface area (Å²) >= 11 is 0. The third-order valence-corrected chi connectivity index (χ3v) is 6.21. The Labute approximate surface area is 155 Å². The molecule has 1 saturated carbocycles. The van der Waals surface area contributed by atoms with Crippen LogP contribution in [0.2, 0.25) is 0 Å². The highest BCUT2D eigenvalue weighted by molar-refractivity contribution is 5.41. The van der Waals surface area contributed by atoms with Crippen LogP contribution < -0.4 is 4.74 Å². The molecule has 1 nitrogen and oxygen atoms in total. The topological polar surface area (TPSA) is 9.23 Å². The van der Waals surface area contributed by atoms with Crippen molar-refractivity contribution < 1.29 is 17.9 Å². The molecule has 26 heavy (non-hydrogen) atoms. The van der Waals surface area contributed by atoms with Crippen LogP contribution in [0.25, 0.3) is 0 Å². The number of fused-ring (bicyclic) bond motifs is 1. The van der Waals surface area contributed by atoms with Gasteiger partial charge in [-0.05, 0) is 67.6 Å². The van der Waals surface area contributed by atoms with E-state index in [2.05, 4.69) is 0 Å². The third-order valence-electron chi connectivity index (χ3n) is 6.21. The minimum Gasteiger partial charge on any atom is -0.487 e. The summed E-state index contributed by atoms with van der Waals surface area (Å²) in [5.41, 5.74) is 1.29. The van der Waals surface area contributed by atoms with E-state index in [0.717, 1.165) is 63.4 Å². The fourth-order valence-electron chi connectivity index (χ4n) is 4.70. The van der Waals surface area contributed by atoms with E-state index >= 15 is 0 Å². The van der Waals surface area contributed by atoms with Crippen LogP contribution in [0.15, 0.2) is 6.07 Å². The number of alkyl halides is 1. The van der Waals surface area contributed by atoms with Crippen LogP contribution in [0.4, 0.5) is 13.2 Å². The lowest BCUT2D eigenvalue weighted by Crippen LogP contribution is -2.34. The summed E-state index contributed by atoms with van der Waals surface area (Å²) in [5.74, 6) is -0.250. The monoisotopic (exact) mass is 368 g/mol. The van der Waals surface area contributed by atoms with Crippen molar-refractivity contribution in [2.45, 2.75) is 83.7 Å². The molecule has 2 aliphatic rings. The van der Waals surface area contributed by atoms with E-state index in [1.165, 1.54) is 0 Å². The molecule has 0 amide bonds. The van der Waals surface area contributed by atoms with Crippen LogP contribution in [0.3, 0.4) is 0 Å². The van der Waals surface area contributed by atoms with Gasteiger partial charge < -0.3 is 4.74 Å². The first-order valence-electron chi connectivity index (χ1n) is 10.4. The Morgan fingerprint density at radius 2 is 1.81 bits per heavy atom. The van der Waals surface area contributed by atoms with Crippen molar-refractivity contribution in [1.29, 1.82) is 0 Å². The van der Waals surface area contributed by atoms with Gasteiger partial charge in [0.15, 0.2) is 11.6 Å². The lowest BCUT2D eigenvalue weighted by Gasteiger charge is -2.37. The van der Waals surface area contributed by atoms with Gasteiger partial charge in [0.25, 0.3) is 0 Å². The second-order valence-corrected chi connectivity index (χ2v) is 8.06. The molecule has 0 aromatic heterocycles. The minimum atomic E-state index is -0.796. The summed E-state index contributed by atoms with van der Waals surface area (Å²) in [4.78, 5) is 0. The maximum absolute atomic E-state index is 14.5. The lowest BCUT2D eigenvalue weighted by atomic mass is 9.76. The van der Waals surface area contributed by atoms with Gasteiger partial charge in [-0.2, -0.15) is 4.39 Å². The Morgan fingerprint density at radius 3 is 2.50 bits per heavy atom. The molecule has 4 heteroatoms. The maximum Gasteiger partial charge on any atom is 0.201 e. The summed E-state index contributed by atoms with van der Waals surface area (Å²) in [5, 5.41) is 0.